The van der Waals surface area contributed by atoms with E-state index in [4.69, 9.17) is 0 Å². The fourth-order valence-electron chi connectivity index (χ4n) is 2.97. The first-order valence-corrected chi connectivity index (χ1v) is 7.14. The van der Waals surface area contributed by atoms with Gasteiger partial charge in [-0.2, -0.15) is 0 Å². The largest absolute Gasteiger partial charge is 0.373 e. The number of nitrogens with zero attached hydrogens (tertiary/aromatic N) is 1. The van der Waals surface area contributed by atoms with Crippen LogP contribution >= 0.6 is 0 Å². The second-order valence-electron chi connectivity index (χ2n) is 7.40. The van der Waals surface area contributed by atoms with Gasteiger partial charge in [-0.05, 0) is 50.9 Å². The summed E-state index contributed by atoms with van der Waals surface area (Å²) in [6.45, 7) is 14.1. The SMILES string of the molecule is C=C(N(C)C1CCC(C(C)(C)C)CC1)C(C)(C)F. The van der Waals surface area contributed by atoms with Crippen LogP contribution in [0.15, 0.2) is 12.3 Å². The van der Waals surface area contributed by atoms with Crippen LogP contribution in [0.2, 0.25) is 0 Å². The lowest BCUT2D eigenvalue weighted by Crippen LogP contribution is -2.40. The maximum absolute atomic E-state index is 13.9. The molecule has 1 saturated carbocycles. The van der Waals surface area contributed by atoms with E-state index in [1.54, 1.807) is 13.8 Å². The van der Waals surface area contributed by atoms with Gasteiger partial charge < -0.3 is 4.90 Å². The fourth-order valence-corrected chi connectivity index (χ4v) is 2.97. The predicted octanol–water partition coefficient (Wildman–Crippen LogP) is 4.78. The van der Waals surface area contributed by atoms with Crippen molar-refractivity contribution in [3.05, 3.63) is 12.3 Å². The van der Waals surface area contributed by atoms with Gasteiger partial charge in [0.2, 0.25) is 0 Å². The molecule has 1 aliphatic rings. The van der Waals surface area contributed by atoms with Crippen LogP contribution < -0.4 is 0 Å². The molecule has 0 saturated heterocycles. The van der Waals surface area contributed by atoms with E-state index in [1.165, 1.54) is 12.8 Å². The zero-order valence-corrected chi connectivity index (χ0v) is 13.0. The quantitative estimate of drug-likeness (QED) is 0.701. The number of allylic oxidation sites excluding steroid dienone is 1. The molecule has 0 aromatic carbocycles. The van der Waals surface area contributed by atoms with E-state index in [2.05, 4.69) is 32.3 Å². The Labute approximate surface area is 112 Å². The summed E-state index contributed by atoms with van der Waals surface area (Å²) in [5.41, 5.74) is -0.295. The molecule has 106 valence electrons. The van der Waals surface area contributed by atoms with Crippen LogP contribution in [0.5, 0.6) is 0 Å². The lowest BCUT2D eigenvalue weighted by atomic mass is 9.71. The second kappa shape index (κ2) is 5.22. The molecule has 0 radical (unpaired) electrons. The van der Waals surface area contributed by atoms with Gasteiger partial charge in [-0.3, -0.25) is 0 Å². The third kappa shape index (κ3) is 3.73. The summed E-state index contributed by atoms with van der Waals surface area (Å²) in [6, 6.07) is 0.464. The Bertz CT molecular complexity index is 287. The van der Waals surface area contributed by atoms with Gasteiger partial charge in [0.15, 0.2) is 0 Å². The average molecular weight is 255 g/mol. The van der Waals surface area contributed by atoms with Crippen molar-refractivity contribution in [1.29, 1.82) is 0 Å². The molecular formula is C16H30FN. The predicted molar refractivity (Wildman–Crippen MR) is 77.3 cm³/mol. The molecule has 0 unspecified atom stereocenters. The van der Waals surface area contributed by atoms with Gasteiger partial charge in [0.25, 0.3) is 0 Å². The third-order valence-electron chi connectivity index (χ3n) is 4.58. The lowest BCUT2D eigenvalue weighted by molar-refractivity contribution is 0.106. The van der Waals surface area contributed by atoms with Crippen LogP contribution in [0.3, 0.4) is 0 Å². The lowest BCUT2D eigenvalue weighted by Gasteiger charge is -2.42. The first kappa shape index (κ1) is 15.5. The molecule has 0 heterocycles. The molecule has 0 amide bonds. The molecule has 1 aliphatic carbocycles. The van der Waals surface area contributed by atoms with Gasteiger partial charge in [-0.15, -0.1) is 0 Å². The highest BCUT2D eigenvalue weighted by Gasteiger charge is 2.33. The topological polar surface area (TPSA) is 3.24 Å². The molecule has 0 spiro atoms. The average Bonchev–Trinajstić information content (AvgIpc) is 2.25. The fraction of sp³-hybridized carbons (Fsp3) is 0.875. The van der Waals surface area contributed by atoms with E-state index < -0.39 is 5.67 Å². The van der Waals surface area contributed by atoms with E-state index in [9.17, 15) is 4.39 Å². The second-order valence-corrected chi connectivity index (χ2v) is 7.40. The molecule has 2 heteroatoms. The van der Waals surface area contributed by atoms with Crippen molar-refractivity contribution in [1.82, 2.24) is 4.90 Å². The van der Waals surface area contributed by atoms with E-state index in [1.807, 2.05) is 7.05 Å². The van der Waals surface area contributed by atoms with Crippen LogP contribution in [-0.4, -0.2) is 23.7 Å². The Morgan fingerprint density at radius 2 is 1.50 bits per heavy atom. The highest BCUT2D eigenvalue weighted by Crippen LogP contribution is 2.40. The van der Waals surface area contributed by atoms with Crippen molar-refractivity contribution in [2.24, 2.45) is 11.3 Å². The maximum Gasteiger partial charge on any atom is 0.144 e. The Morgan fingerprint density at radius 3 is 1.83 bits per heavy atom. The van der Waals surface area contributed by atoms with E-state index in [0.717, 1.165) is 18.8 Å². The summed E-state index contributed by atoms with van der Waals surface area (Å²) in [5, 5.41) is 0. The maximum atomic E-state index is 13.9. The number of hydrogen-bond donors (Lipinski definition) is 0. The Kier molecular flexibility index (Phi) is 4.51. The molecule has 0 aromatic rings. The summed E-state index contributed by atoms with van der Waals surface area (Å²) in [5.74, 6) is 0.800. The van der Waals surface area contributed by atoms with Crippen molar-refractivity contribution in [2.75, 3.05) is 7.05 Å². The minimum Gasteiger partial charge on any atom is -0.373 e. The number of alkyl halides is 1. The summed E-state index contributed by atoms with van der Waals surface area (Å²) >= 11 is 0. The van der Waals surface area contributed by atoms with Crippen LogP contribution in [-0.2, 0) is 0 Å². The minimum atomic E-state index is -1.31. The highest BCUT2D eigenvalue weighted by molar-refractivity contribution is 5.09. The molecule has 1 nitrogen and oxygen atoms in total. The highest BCUT2D eigenvalue weighted by atomic mass is 19.1. The molecular weight excluding hydrogens is 225 g/mol. The smallest absolute Gasteiger partial charge is 0.144 e. The van der Waals surface area contributed by atoms with E-state index in [0.29, 0.717) is 17.2 Å². The van der Waals surface area contributed by atoms with Crippen LogP contribution in [0.4, 0.5) is 4.39 Å². The number of rotatable bonds is 3. The van der Waals surface area contributed by atoms with Crippen molar-refractivity contribution >= 4 is 0 Å². The Morgan fingerprint density at radius 1 is 1.06 bits per heavy atom. The van der Waals surface area contributed by atoms with Crippen molar-refractivity contribution in [3.8, 4) is 0 Å². The van der Waals surface area contributed by atoms with Gasteiger partial charge in [0.05, 0.1) is 0 Å². The zero-order chi connectivity index (χ0) is 14.1. The summed E-state index contributed by atoms with van der Waals surface area (Å²) in [7, 11) is 1.99. The number of halogens is 1. The minimum absolute atomic E-state index is 0.403. The van der Waals surface area contributed by atoms with Crippen molar-refractivity contribution in [3.63, 3.8) is 0 Å². The molecule has 18 heavy (non-hydrogen) atoms. The molecule has 0 atom stereocenters. The van der Waals surface area contributed by atoms with Crippen molar-refractivity contribution < 1.29 is 4.39 Å². The first-order chi connectivity index (χ1) is 8.03. The number of hydrogen-bond acceptors (Lipinski definition) is 1. The van der Waals surface area contributed by atoms with Crippen LogP contribution in [0.25, 0.3) is 0 Å². The summed E-state index contributed by atoms with van der Waals surface area (Å²) in [6.07, 6.45) is 4.82. The first-order valence-electron chi connectivity index (χ1n) is 7.14. The van der Waals surface area contributed by atoms with Gasteiger partial charge in [0, 0.05) is 18.8 Å². The summed E-state index contributed by atoms with van der Waals surface area (Å²) in [4.78, 5) is 2.07. The van der Waals surface area contributed by atoms with Gasteiger partial charge >= 0.3 is 0 Å². The molecule has 1 rings (SSSR count). The Balaban J connectivity index is 2.56. The standard InChI is InChI=1S/C16H30FN/c1-12(16(5,6)17)18(7)14-10-8-13(9-11-14)15(2,3)4/h13-14H,1,8-11H2,2-7H3. The van der Waals surface area contributed by atoms with Gasteiger partial charge in [0.1, 0.15) is 5.67 Å². The molecule has 1 fully saturated rings. The van der Waals surface area contributed by atoms with Gasteiger partial charge in [-0.1, -0.05) is 27.4 Å². The van der Waals surface area contributed by atoms with Crippen LogP contribution in [0, 0.1) is 11.3 Å². The summed E-state index contributed by atoms with van der Waals surface area (Å²) < 4.78 is 13.9. The monoisotopic (exact) mass is 255 g/mol. The van der Waals surface area contributed by atoms with E-state index >= 15 is 0 Å². The molecule has 0 aromatic heterocycles. The third-order valence-corrected chi connectivity index (χ3v) is 4.58. The Hall–Kier alpha value is -0.530. The zero-order valence-electron chi connectivity index (χ0n) is 13.0. The molecule has 0 N–H and O–H groups in total. The van der Waals surface area contributed by atoms with Gasteiger partial charge in [-0.25, -0.2) is 4.39 Å². The molecule has 0 aliphatic heterocycles. The normalized spacial score (nSPS) is 25.9. The van der Waals surface area contributed by atoms with Crippen molar-refractivity contribution in [2.45, 2.75) is 72.0 Å². The molecule has 0 bridgehead atoms. The van der Waals surface area contributed by atoms with Crippen LogP contribution in [0.1, 0.15) is 60.3 Å². The van der Waals surface area contributed by atoms with E-state index in [-0.39, 0.29) is 0 Å².